The molecule has 3 N–H and O–H groups in total. The molecule has 0 saturated carbocycles. The molecular weight excluding hydrogens is 294 g/mol. The van der Waals surface area contributed by atoms with Gasteiger partial charge >= 0.3 is 0 Å². The van der Waals surface area contributed by atoms with Gasteiger partial charge in [-0.05, 0) is 36.9 Å². The van der Waals surface area contributed by atoms with Crippen molar-refractivity contribution in [3.63, 3.8) is 0 Å². The molecular formula is C14H20ClN3O3. The van der Waals surface area contributed by atoms with Gasteiger partial charge < -0.3 is 11.1 Å². The zero-order chi connectivity index (χ0) is 16.0. The zero-order valence-electron chi connectivity index (χ0n) is 12.2. The summed E-state index contributed by atoms with van der Waals surface area (Å²) in [6.07, 6.45) is 1.93. The van der Waals surface area contributed by atoms with Gasteiger partial charge in [0.15, 0.2) is 0 Å². The summed E-state index contributed by atoms with van der Waals surface area (Å²) in [6.45, 7) is 4.72. The first-order valence-electron chi connectivity index (χ1n) is 6.69. The number of nitrogens with two attached hydrogens (primary N) is 1. The van der Waals surface area contributed by atoms with Crippen LogP contribution in [-0.4, -0.2) is 17.4 Å². The maximum absolute atomic E-state index is 11.9. The van der Waals surface area contributed by atoms with E-state index in [1.807, 2.05) is 0 Å². The van der Waals surface area contributed by atoms with Crippen LogP contribution in [-0.2, 0) is 4.79 Å². The van der Waals surface area contributed by atoms with E-state index in [1.54, 1.807) is 0 Å². The molecule has 21 heavy (non-hydrogen) atoms. The van der Waals surface area contributed by atoms with Crippen molar-refractivity contribution in [1.82, 2.24) is 0 Å². The largest absolute Gasteiger partial charge is 0.330 e. The van der Waals surface area contributed by atoms with Crippen molar-refractivity contribution in [1.29, 1.82) is 0 Å². The first kappa shape index (κ1) is 17.4. The summed E-state index contributed by atoms with van der Waals surface area (Å²) >= 11 is 5.79. The maximum atomic E-state index is 11.9. The van der Waals surface area contributed by atoms with Crippen molar-refractivity contribution < 1.29 is 9.72 Å². The van der Waals surface area contributed by atoms with E-state index < -0.39 is 4.92 Å². The molecule has 0 unspecified atom stereocenters. The molecule has 0 saturated heterocycles. The first-order chi connectivity index (χ1) is 9.75. The Balaban J connectivity index is 2.59. The van der Waals surface area contributed by atoms with E-state index in [0.29, 0.717) is 18.7 Å². The highest BCUT2D eigenvalue weighted by Crippen LogP contribution is 2.28. The number of carbonyl (C=O) groups is 1. The minimum atomic E-state index is -0.566. The van der Waals surface area contributed by atoms with Crippen molar-refractivity contribution in [3.8, 4) is 0 Å². The molecule has 0 aliphatic carbocycles. The Morgan fingerprint density at radius 3 is 2.62 bits per heavy atom. The van der Waals surface area contributed by atoms with E-state index >= 15 is 0 Å². The summed E-state index contributed by atoms with van der Waals surface area (Å²) < 4.78 is 0. The van der Waals surface area contributed by atoms with E-state index in [0.717, 1.165) is 12.8 Å². The zero-order valence-corrected chi connectivity index (χ0v) is 12.9. The summed E-state index contributed by atoms with van der Waals surface area (Å²) in [5.74, 6) is -0.148. The molecule has 1 aromatic rings. The first-order valence-corrected chi connectivity index (χ1v) is 7.07. The lowest BCUT2D eigenvalue weighted by atomic mass is 9.84. The van der Waals surface area contributed by atoms with Crippen molar-refractivity contribution in [2.75, 3.05) is 11.9 Å². The molecule has 0 aliphatic rings. The van der Waals surface area contributed by atoms with E-state index in [2.05, 4.69) is 19.2 Å². The Hall–Kier alpha value is -1.66. The number of rotatable bonds is 7. The quantitative estimate of drug-likeness (QED) is 0.595. The topological polar surface area (TPSA) is 98.3 Å². The molecule has 1 aromatic carbocycles. The fraction of sp³-hybridized carbons (Fsp3) is 0.500. The molecule has 0 aromatic heterocycles. The van der Waals surface area contributed by atoms with Gasteiger partial charge in [-0.1, -0.05) is 25.4 Å². The smallest absolute Gasteiger partial charge is 0.288 e. The van der Waals surface area contributed by atoms with E-state index in [1.165, 1.54) is 18.2 Å². The Morgan fingerprint density at radius 2 is 2.10 bits per heavy atom. The highest BCUT2D eigenvalue weighted by Gasteiger charge is 2.19. The fourth-order valence-corrected chi connectivity index (χ4v) is 2.17. The van der Waals surface area contributed by atoms with Crippen molar-refractivity contribution in [2.45, 2.75) is 33.1 Å². The number of hydrogen-bond donors (Lipinski definition) is 2. The summed E-state index contributed by atoms with van der Waals surface area (Å²) in [6, 6.07) is 4.12. The Morgan fingerprint density at radius 1 is 1.43 bits per heavy atom. The maximum Gasteiger partial charge on any atom is 0.288 e. The molecule has 0 radical (unpaired) electrons. The number of anilines is 1. The molecule has 0 heterocycles. The van der Waals surface area contributed by atoms with Crippen LogP contribution in [0.4, 0.5) is 11.4 Å². The second-order valence-corrected chi connectivity index (χ2v) is 6.08. The third kappa shape index (κ3) is 5.69. The van der Waals surface area contributed by atoms with Gasteiger partial charge in [0, 0.05) is 18.2 Å². The van der Waals surface area contributed by atoms with Crippen LogP contribution in [0.3, 0.4) is 0 Å². The summed E-state index contributed by atoms with van der Waals surface area (Å²) in [5, 5.41) is 13.3. The molecule has 6 nitrogen and oxygen atoms in total. The van der Waals surface area contributed by atoms with Crippen LogP contribution in [0.15, 0.2) is 18.2 Å². The van der Waals surface area contributed by atoms with Crippen LogP contribution in [0.2, 0.25) is 5.02 Å². The van der Waals surface area contributed by atoms with Gasteiger partial charge in [-0.3, -0.25) is 14.9 Å². The lowest BCUT2D eigenvalue weighted by Crippen LogP contribution is -2.20. The SMILES string of the molecule is CC(C)(CCN)CCC(=O)Nc1ccc([N+](=O)[O-])c(Cl)c1. The standard InChI is InChI=1S/C14H20ClN3O3/c1-14(2,7-8-16)6-5-13(19)17-10-3-4-12(18(20)21)11(15)9-10/h3-4,9H,5-8,16H2,1-2H3,(H,17,19). The number of hydrogen-bond acceptors (Lipinski definition) is 4. The predicted molar refractivity (Wildman–Crippen MR) is 83.4 cm³/mol. The molecule has 0 spiro atoms. The number of carbonyl (C=O) groups excluding carboxylic acids is 1. The number of nitro groups is 1. The number of nitrogens with one attached hydrogen (secondary N) is 1. The average molecular weight is 314 g/mol. The molecule has 0 bridgehead atoms. The van der Waals surface area contributed by atoms with Crippen LogP contribution in [0.25, 0.3) is 0 Å². The minimum Gasteiger partial charge on any atom is -0.330 e. The molecule has 0 fully saturated rings. The average Bonchev–Trinajstić information content (AvgIpc) is 2.36. The van der Waals surface area contributed by atoms with Crippen LogP contribution in [0, 0.1) is 15.5 Å². The lowest BCUT2D eigenvalue weighted by molar-refractivity contribution is -0.384. The number of amides is 1. The van der Waals surface area contributed by atoms with Gasteiger partial charge in [0.2, 0.25) is 5.91 Å². The van der Waals surface area contributed by atoms with Crippen molar-refractivity contribution >= 4 is 28.9 Å². The summed E-state index contributed by atoms with van der Waals surface area (Å²) in [5.41, 5.74) is 5.81. The Kier molecular flexibility index (Phi) is 6.11. The number of benzene rings is 1. The summed E-state index contributed by atoms with van der Waals surface area (Å²) in [7, 11) is 0. The second kappa shape index (κ2) is 7.38. The minimum absolute atomic E-state index is 0.00117. The molecule has 0 aliphatic heterocycles. The van der Waals surface area contributed by atoms with Crippen molar-refractivity contribution in [3.05, 3.63) is 33.3 Å². The van der Waals surface area contributed by atoms with Crippen LogP contribution in [0.5, 0.6) is 0 Å². The Labute approximate surface area is 128 Å². The normalized spacial score (nSPS) is 11.2. The number of nitrogens with zero attached hydrogens (tertiary/aromatic N) is 1. The van der Waals surface area contributed by atoms with Gasteiger partial charge in [-0.2, -0.15) is 0 Å². The van der Waals surface area contributed by atoms with Crippen LogP contribution < -0.4 is 11.1 Å². The van der Waals surface area contributed by atoms with Crippen molar-refractivity contribution in [2.24, 2.45) is 11.1 Å². The molecule has 0 atom stereocenters. The molecule has 1 rings (SSSR count). The third-order valence-electron chi connectivity index (χ3n) is 3.28. The Bertz CT molecular complexity index is 532. The second-order valence-electron chi connectivity index (χ2n) is 5.67. The predicted octanol–water partition coefficient (Wildman–Crippen LogP) is 3.34. The summed E-state index contributed by atoms with van der Waals surface area (Å²) in [4.78, 5) is 22.0. The lowest BCUT2D eigenvalue weighted by Gasteiger charge is -2.23. The van der Waals surface area contributed by atoms with Gasteiger partial charge in [-0.15, -0.1) is 0 Å². The fourth-order valence-electron chi connectivity index (χ4n) is 1.92. The number of nitro benzene ring substituents is 1. The molecule has 116 valence electrons. The number of halogens is 1. The van der Waals surface area contributed by atoms with Gasteiger partial charge in [-0.25, -0.2) is 0 Å². The van der Waals surface area contributed by atoms with Gasteiger partial charge in [0.05, 0.1) is 4.92 Å². The molecule has 1 amide bonds. The van der Waals surface area contributed by atoms with E-state index in [4.69, 9.17) is 17.3 Å². The van der Waals surface area contributed by atoms with Gasteiger partial charge in [0.1, 0.15) is 5.02 Å². The third-order valence-corrected chi connectivity index (χ3v) is 3.58. The van der Waals surface area contributed by atoms with Crippen LogP contribution >= 0.6 is 11.6 Å². The highest BCUT2D eigenvalue weighted by molar-refractivity contribution is 6.33. The van der Waals surface area contributed by atoms with Gasteiger partial charge in [0.25, 0.3) is 5.69 Å². The van der Waals surface area contributed by atoms with E-state index in [9.17, 15) is 14.9 Å². The highest BCUT2D eigenvalue weighted by atomic mass is 35.5. The molecule has 7 heteroatoms. The monoisotopic (exact) mass is 313 g/mol. The van der Waals surface area contributed by atoms with E-state index in [-0.39, 0.29) is 22.0 Å². The van der Waals surface area contributed by atoms with Crippen LogP contribution in [0.1, 0.15) is 33.1 Å².